The number of nitriles is 1. The number of hydrogen-bond acceptors (Lipinski definition) is 2. The van der Waals surface area contributed by atoms with Gasteiger partial charge in [0.2, 0.25) is 0 Å². The van der Waals surface area contributed by atoms with Crippen molar-refractivity contribution in [1.82, 2.24) is 4.57 Å². The Bertz CT molecular complexity index is 371. The third-order valence-electron chi connectivity index (χ3n) is 1.84. The molecule has 68 valence electrons. The van der Waals surface area contributed by atoms with Gasteiger partial charge in [-0.1, -0.05) is 12.2 Å². The third kappa shape index (κ3) is 1.93. The summed E-state index contributed by atoms with van der Waals surface area (Å²) in [7, 11) is 0. The van der Waals surface area contributed by atoms with Crippen molar-refractivity contribution in [3.05, 3.63) is 24.0 Å². The van der Waals surface area contributed by atoms with Crippen molar-refractivity contribution in [3.8, 4) is 6.07 Å². The highest BCUT2D eigenvalue weighted by Gasteiger charge is 2.21. The Morgan fingerprint density at radius 2 is 2.31 bits per heavy atom. The molecule has 1 aromatic rings. The number of aromatic nitrogens is 1. The lowest BCUT2D eigenvalue weighted by atomic mass is 10.1. The van der Waals surface area contributed by atoms with Gasteiger partial charge in [0.05, 0.1) is 16.0 Å². The van der Waals surface area contributed by atoms with E-state index in [2.05, 4.69) is 18.7 Å². The molecule has 0 radical (unpaired) electrons. The molecule has 2 nitrogen and oxygen atoms in total. The van der Waals surface area contributed by atoms with E-state index in [1.807, 2.05) is 36.7 Å². The Labute approximate surface area is 88.6 Å². The second kappa shape index (κ2) is 3.52. The van der Waals surface area contributed by atoms with E-state index in [1.54, 1.807) is 0 Å². The molecular formula is C9H10N2S2. The summed E-state index contributed by atoms with van der Waals surface area (Å²) in [4.78, 5) is 0. The van der Waals surface area contributed by atoms with Crippen molar-refractivity contribution in [2.45, 2.75) is 19.4 Å². The van der Waals surface area contributed by atoms with Crippen molar-refractivity contribution in [2.75, 3.05) is 0 Å². The molecule has 0 spiro atoms. The lowest BCUT2D eigenvalue weighted by Gasteiger charge is -2.20. The molecule has 0 unspecified atom stereocenters. The van der Waals surface area contributed by atoms with Crippen LogP contribution in [0.1, 0.15) is 19.5 Å². The Balaban J connectivity index is 3.24. The summed E-state index contributed by atoms with van der Waals surface area (Å²) < 4.78 is 2.33. The van der Waals surface area contributed by atoms with Crippen LogP contribution >= 0.6 is 24.8 Å². The van der Waals surface area contributed by atoms with Crippen molar-refractivity contribution < 1.29 is 0 Å². The Morgan fingerprint density at radius 1 is 1.69 bits per heavy atom. The van der Waals surface area contributed by atoms with Gasteiger partial charge >= 0.3 is 0 Å². The number of nitrogens with zero attached hydrogens (tertiary/aromatic N) is 2. The molecule has 1 aromatic heterocycles. The molecule has 0 atom stereocenters. The standard InChI is InChI=1S/C9H10N2S2/c1-9(2,6-10)11-5-3-4-7(11)8(12)13/h3-5H,1-2H3,(H,12,13). The molecule has 0 saturated heterocycles. The normalized spacial score (nSPS) is 10.9. The molecule has 0 aliphatic carbocycles. The van der Waals surface area contributed by atoms with Crippen LogP contribution in [0.3, 0.4) is 0 Å². The highest BCUT2D eigenvalue weighted by Crippen LogP contribution is 2.19. The van der Waals surface area contributed by atoms with Crippen LogP contribution in [0.4, 0.5) is 0 Å². The summed E-state index contributed by atoms with van der Waals surface area (Å²) in [6.07, 6.45) is 1.83. The van der Waals surface area contributed by atoms with Gasteiger partial charge in [0.1, 0.15) is 5.54 Å². The zero-order valence-electron chi connectivity index (χ0n) is 7.48. The fourth-order valence-electron chi connectivity index (χ4n) is 1.10. The largest absolute Gasteiger partial charge is 0.328 e. The van der Waals surface area contributed by atoms with Crippen molar-refractivity contribution in [2.24, 2.45) is 0 Å². The first-order valence-electron chi connectivity index (χ1n) is 3.81. The van der Waals surface area contributed by atoms with E-state index in [0.717, 1.165) is 5.69 Å². The molecule has 1 rings (SSSR count). The molecule has 0 N–H and O–H groups in total. The van der Waals surface area contributed by atoms with Crippen LogP contribution in [-0.4, -0.2) is 8.76 Å². The van der Waals surface area contributed by atoms with Gasteiger partial charge < -0.3 is 4.57 Å². The molecule has 1 heterocycles. The van der Waals surface area contributed by atoms with E-state index in [1.165, 1.54) is 0 Å². The molecular weight excluding hydrogens is 200 g/mol. The number of thiocarbonyl (C=S) groups is 1. The fourth-order valence-corrected chi connectivity index (χ4v) is 1.45. The highest BCUT2D eigenvalue weighted by atomic mass is 32.1. The summed E-state index contributed by atoms with van der Waals surface area (Å²) in [6.45, 7) is 3.67. The second-order valence-electron chi connectivity index (χ2n) is 3.24. The fraction of sp³-hybridized carbons (Fsp3) is 0.333. The van der Waals surface area contributed by atoms with Crippen LogP contribution < -0.4 is 0 Å². The minimum absolute atomic E-state index is 0.508. The molecule has 4 heteroatoms. The summed E-state index contributed by atoms with van der Waals surface area (Å²) >= 11 is 9.05. The van der Waals surface area contributed by atoms with Crippen molar-refractivity contribution >= 4 is 29.0 Å². The van der Waals surface area contributed by atoms with E-state index < -0.39 is 5.54 Å². The molecule has 0 saturated carbocycles. The first kappa shape index (κ1) is 10.3. The van der Waals surface area contributed by atoms with Gasteiger partial charge in [-0.15, -0.1) is 12.6 Å². The van der Waals surface area contributed by atoms with E-state index in [9.17, 15) is 0 Å². The lowest BCUT2D eigenvalue weighted by Crippen LogP contribution is -2.25. The van der Waals surface area contributed by atoms with Crippen LogP contribution in [0.15, 0.2) is 18.3 Å². The molecule has 0 aliphatic heterocycles. The van der Waals surface area contributed by atoms with Gasteiger partial charge in [0.15, 0.2) is 0 Å². The van der Waals surface area contributed by atoms with Gasteiger partial charge in [-0.05, 0) is 26.0 Å². The molecule has 0 amide bonds. The zero-order chi connectivity index (χ0) is 10.1. The zero-order valence-corrected chi connectivity index (χ0v) is 9.19. The smallest absolute Gasteiger partial charge is 0.126 e. The molecule has 13 heavy (non-hydrogen) atoms. The average Bonchev–Trinajstić information content (AvgIpc) is 2.52. The first-order valence-corrected chi connectivity index (χ1v) is 4.67. The molecule has 0 aliphatic rings. The molecule has 0 aromatic carbocycles. The van der Waals surface area contributed by atoms with E-state index in [4.69, 9.17) is 17.5 Å². The van der Waals surface area contributed by atoms with Gasteiger partial charge in [-0.2, -0.15) is 5.26 Å². The third-order valence-corrected chi connectivity index (χ3v) is 2.28. The summed E-state index contributed by atoms with van der Waals surface area (Å²) in [5.74, 6) is 0. The number of rotatable bonds is 2. The SMILES string of the molecule is CC(C)(C#N)n1cccc1C(=S)S. The van der Waals surface area contributed by atoms with E-state index >= 15 is 0 Å². The molecule has 0 fully saturated rings. The van der Waals surface area contributed by atoms with Gasteiger partial charge in [0, 0.05) is 6.20 Å². The summed E-state index contributed by atoms with van der Waals surface area (Å²) in [6, 6.07) is 5.92. The van der Waals surface area contributed by atoms with Crippen LogP contribution in [0.2, 0.25) is 0 Å². The minimum atomic E-state index is -0.578. The molecule has 0 bridgehead atoms. The Morgan fingerprint density at radius 3 is 2.77 bits per heavy atom. The van der Waals surface area contributed by atoms with Gasteiger partial charge in [-0.25, -0.2) is 0 Å². The predicted octanol–water partition coefficient (Wildman–Crippen LogP) is 2.35. The van der Waals surface area contributed by atoms with Crippen LogP contribution in [-0.2, 0) is 5.54 Å². The first-order chi connectivity index (χ1) is 5.99. The topological polar surface area (TPSA) is 28.7 Å². The summed E-state index contributed by atoms with van der Waals surface area (Å²) in [5.41, 5.74) is 0.232. The second-order valence-corrected chi connectivity index (χ2v) is 4.40. The van der Waals surface area contributed by atoms with Crippen LogP contribution in [0, 0.1) is 11.3 Å². The Kier molecular flexibility index (Phi) is 2.79. The monoisotopic (exact) mass is 210 g/mol. The predicted molar refractivity (Wildman–Crippen MR) is 60.1 cm³/mol. The number of hydrogen-bond donors (Lipinski definition) is 1. The van der Waals surface area contributed by atoms with Crippen molar-refractivity contribution in [3.63, 3.8) is 0 Å². The van der Waals surface area contributed by atoms with Crippen LogP contribution in [0.5, 0.6) is 0 Å². The van der Waals surface area contributed by atoms with Crippen molar-refractivity contribution in [1.29, 1.82) is 5.26 Å². The Hall–Kier alpha value is -0.790. The van der Waals surface area contributed by atoms with E-state index in [0.29, 0.717) is 4.20 Å². The summed E-state index contributed by atoms with van der Waals surface area (Å²) in [5, 5.41) is 8.93. The quantitative estimate of drug-likeness (QED) is 0.599. The van der Waals surface area contributed by atoms with Crippen LogP contribution in [0.25, 0.3) is 0 Å². The van der Waals surface area contributed by atoms with Gasteiger partial charge in [0.25, 0.3) is 0 Å². The average molecular weight is 210 g/mol. The van der Waals surface area contributed by atoms with Gasteiger partial charge in [-0.3, -0.25) is 0 Å². The maximum atomic E-state index is 8.93. The number of thiol groups is 1. The maximum absolute atomic E-state index is 8.93. The lowest BCUT2D eigenvalue weighted by molar-refractivity contribution is 0.468. The minimum Gasteiger partial charge on any atom is -0.328 e. The highest BCUT2D eigenvalue weighted by molar-refractivity contribution is 8.11. The van der Waals surface area contributed by atoms with E-state index in [-0.39, 0.29) is 0 Å². The maximum Gasteiger partial charge on any atom is 0.126 e.